The third-order valence-corrected chi connectivity index (χ3v) is 10.4. The predicted molar refractivity (Wildman–Crippen MR) is 201 cm³/mol. The Morgan fingerprint density at radius 3 is 2.38 bits per heavy atom. The summed E-state index contributed by atoms with van der Waals surface area (Å²) in [6.07, 6.45) is 1.59. The summed E-state index contributed by atoms with van der Waals surface area (Å²) in [5, 5.41) is 13.5. The average molecular weight is 777 g/mol. The van der Waals surface area contributed by atoms with Gasteiger partial charge in [0.2, 0.25) is 17.7 Å². The molecule has 3 aliphatic rings. The SMILES string of the molecule is O=C(O)N1CCN(C(=O)/C=C/CN2CCC[C@@H](Oc3ccc(/C(=C(/CC(F)(F)F)c4ccccc4)c4ccc5c(c4)c(F)nn5C4CCCCO4)cn3)C2)CC1. The molecule has 0 spiro atoms. The molecule has 0 saturated carbocycles. The van der Waals surface area contributed by atoms with Crippen molar-refractivity contribution in [3.05, 3.63) is 102 Å². The van der Waals surface area contributed by atoms with Gasteiger partial charge in [-0.15, -0.1) is 5.10 Å². The summed E-state index contributed by atoms with van der Waals surface area (Å²) in [4.78, 5) is 33.4. The van der Waals surface area contributed by atoms with Gasteiger partial charge in [-0.05, 0) is 79.1 Å². The van der Waals surface area contributed by atoms with Crippen molar-refractivity contribution < 1.29 is 41.7 Å². The van der Waals surface area contributed by atoms with E-state index >= 15 is 4.39 Å². The maximum atomic E-state index is 15.5. The Kier molecular flexibility index (Phi) is 12.0. The number of benzene rings is 2. The van der Waals surface area contributed by atoms with E-state index in [1.807, 2.05) is 0 Å². The topological polar surface area (TPSA) is 113 Å². The Morgan fingerprint density at radius 2 is 1.68 bits per heavy atom. The number of rotatable bonds is 10. The van der Waals surface area contributed by atoms with E-state index in [1.165, 1.54) is 21.9 Å². The average Bonchev–Trinajstić information content (AvgIpc) is 3.54. The van der Waals surface area contributed by atoms with Crippen molar-refractivity contribution in [3.8, 4) is 5.88 Å². The van der Waals surface area contributed by atoms with Gasteiger partial charge in [0.1, 0.15) is 6.10 Å². The van der Waals surface area contributed by atoms with Crippen LogP contribution in [0.1, 0.15) is 61.4 Å². The third kappa shape index (κ3) is 9.39. The van der Waals surface area contributed by atoms with Crippen LogP contribution in [0.25, 0.3) is 22.0 Å². The summed E-state index contributed by atoms with van der Waals surface area (Å²) < 4.78 is 72.0. The summed E-state index contributed by atoms with van der Waals surface area (Å²) in [5.74, 6) is -0.565. The van der Waals surface area contributed by atoms with E-state index in [0.29, 0.717) is 67.3 Å². The Morgan fingerprint density at radius 1 is 0.911 bits per heavy atom. The van der Waals surface area contributed by atoms with Crippen molar-refractivity contribution in [1.29, 1.82) is 0 Å². The smallest absolute Gasteiger partial charge is 0.407 e. The van der Waals surface area contributed by atoms with Crippen molar-refractivity contribution >= 4 is 34.0 Å². The second kappa shape index (κ2) is 17.2. The molecule has 0 bridgehead atoms. The van der Waals surface area contributed by atoms with Crippen molar-refractivity contribution in [3.63, 3.8) is 0 Å². The number of likely N-dealkylation sites (tertiary alicyclic amines) is 1. The summed E-state index contributed by atoms with van der Waals surface area (Å²) >= 11 is 0. The van der Waals surface area contributed by atoms with Gasteiger partial charge in [-0.25, -0.2) is 14.5 Å². The molecule has 3 fully saturated rings. The minimum atomic E-state index is -4.54. The van der Waals surface area contributed by atoms with Gasteiger partial charge in [-0.1, -0.05) is 42.5 Å². The number of ether oxygens (including phenoxy) is 2. The number of carbonyl (C=O) groups is 2. The molecular formula is C41H44F4N6O5. The lowest BCUT2D eigenvalue weighted by atomic mass is 9.88. The van der Waals surface area contributed by atoms with E-state index in [2.05, 4.69) is 15.0 Å². The standard InChI is InChI=1S/C41H44F4N6O5/c42-39-32-24-29(13-15-34(32)51(47-39)37-12-4-5-23-55-37)38(33(25-41(43,44)45)28-8-2-1-3-9-28)30-14-16-35(46-26-30)56-31-10-6-17-48(27-31)18-7-11-36(52)49-19-21-50(22-20-49)40(53)54/h1-3,7-9,11,13-16,24,26,31,37H,4-6,10,12,17-23,25,27H2,(H,53,54)/b11-7+,38-33-/t31-,37?/m1/s1. The molecule has 5 heterocycles. The van der Waals surface area contributed by atoms with Crippen LogP contribution in [0.15, 0.2) is 79.0 Å². The first-order valence-corrected chi connectivity index (χ1v) is 19.0. The largest absolute Gasteiger partial charge is 0.473 e. The zero-order valence-corrected chi connectivity index (χ0v) is 30.8. The molecule has 0 aliphatic carbocycles. The summed E-state index contributed by atoms with van der Waals surface area (Å²) in [6, 6.07) is 16.6. The fraction of sp³-hybridized carbons (Fsp3) is 0.415. The second-order valence-corrected chi connectivity index (χ2v) is 14.3. The molecule has 11 nitrogen and oxygen atoms in total. The van der Waals surface area contributed by atoms with Crippen molar-refractivity contribution in [1.82, 2.24) is 29.5 Å². The number of aromatic nitrogens is 3. The van der Waals surface area contributed by atoms with E-state index in [9.17, 15) is 22.8 Å². The summed E-state index contributed by atoms with van der Waals surface area (Å²) in [5.41, 5.74) is 1.96. The van der Waals surface area contributed by atoms with Gasteiger partial charge in [0.15, 0.2) is 6.23 Å². The van der Waals surface area contributed by atoms with Crippen molar-refractivity contribution in [2.24, 2.45) is 0 Å². The molecule has 3 saturated heterocycles. The predicted octanol–water partition coefficient (Wildman–Crippen LogP) is 7.40. The Hall–Kier alpha value is -5.28. The number of piperazine rings is 1. The lowest BCUT2D eigenvalue weighted by Gasteiger charge is -2.33. The van der Waals surface area contributed by atoms with Crippen LogP contribution >= 0.6 is 0 Å². The first kappa shape index (κ1) is 39.0. The lowest BCUT2D eigenvalue weighted by molar-refractivity contribution is -0.127. The van der Waals surface area contributed by atoms with Gasteiger partial charge in [0.25, 0.3) is 0 Å². The quantitative estimate of drug-likeness (QED) is 0.101. The van der Waals surface area contributed by atoms with E-state index in [0.717, 1.165) is 32.2 Å². The van der Waals surface area contributed by atoms with Crippen LogP contribution < -0.4 is 4.74 Å². The molecule has 2 aromatic heterocycles. The highest BCUT2D eigenvalue weighted by Gasteiger charge is 2.32. The van der Waals surface area contributed by atoms with Gasteiger partial charge in [-0.3, -0.25) is 9.69 Å². The Bertz CT molecular complexity index is 2060. The molecule has 2 aromatic carbocycles. The molecule has 1 N–H and O–H groups in total. The number of carboxylic acid groups (broad SMARTS) is 1. The fourth-order valence-electron chi connectivity index (χ4n) is 7.65. The molecule has 15 heteroatoms. The summed E-state index contributed by atoms with van der Waals surface area (Å²) in [7, 11) is 0. The Labute approximate surface area is 321 Å². The number of amides is 2. The van der Waals surface area contributed by atoms with Crippen LogP contribution in [-0.4, -0.2) is 111 Å². The summed E-state index contributed by atoms with van der Waals surface area (Å²) in [6.45, 7) is 3.74. The molecule has 2 atom stereocenters. The molecule has 56 heavy (non-hydrogen) atoms. The van der Waals surface area contributed by atoms with Gasteiger partial charge >= 0.3 is 12.3 Å². The second-order valence-electron chi connectivity index (χ2n) is 14.3. The van der Waals surface area contributed by atoms with Gasteiger partial charge in [0, 0.05) is 69.8 Å². The normalized spacial score (nSPS) is 20.4. The van der Waals surface area contributed by atoms with Gasteiger partial charge in [-0.2, -0.15) is 17.6 Å². The number of hydrogen-bond acceptors (Lipinski definition) is 7. The number of allylic oxidation sites excluding steroid dienone is 1. The van der Waals surface area contributed by atoms with E-state index < -0.39 is 30.9 Å². The minimum Gasteiger partial charge on any atom is -0.473 e. The zero-order chi connectivity index (χ0) is 39.2. The first-order chi connectivity index (χ1) is 27.0. The number of nitrogens with zero attached hydrogens (tertiary/aromatic N) is 6. The minimum absolute atomic E-state index is 0.0216. The van der Waals surface area contributed by atoms with Crippen LogP contribution in [0.5, 0.6) is 5.88 Å². The van der Waals surface area contributed by atoms with Crippen LogP contribution in [0.3, 0.4) is 0 Å². The number of hydrogen-bond donors (Lipinski definition) is 1. The number of pyridine rings is 1. The zero-order valence-electron chi connectivity index (χ0n) is 30.8. The molecule has 7 rings (SSSR count). The van der Waals surface area contributed by atoms with Crippen LogP contribution in [0.4, 0.5) is 22.4 Å². The van der Waals surface area contributed by atoms with E-state index in [4.69, 9.17) is 14.6 Å². The molecule has 4 aromatic rings. The highest BCUT2D eigenvalue weighted by atomic mass is 19.4. The lowest BCUT2D eigenvalue weighted by Crippen LogP contribution is -2.49. The van der Waals surface area contributed by atoms with Gasteiger partial charge in [0.05, 0.1) is 17.3 Å². The van der Waals surface area contributed by atoms with Crippen LogP contribution in [-0.2, 0) is 9.53 Å². The fourth-order valence-corrected chi connectivity index (χ4v) is 7.65. The highest BCUT2D eigenvalue weighted by molar-refractivity contribution is 6.00. The number of piperidine rings is 1. The number of alkyl halides is 3. The highest BCUT2D eigenvalue weighted by Crippen LogP contribution is 2.41. The van der Waals surface area contributed by atoms with Crippen molar-refractivity contribution in [2.75, 3.05) is 52.4 Å². The maximum Gasteiger partial charge on any atom is 0.407 e. The van der Waals surface area contributed by atoms with Crippen LogP contribution in [0, 0.1) is 5.95 Å². The maximum absolute atomic E-state index is 15.5. The number of fused-ring (bicyclic) bond motifs is 1. The molecular weight excluding hydrogens is 732 g/mol. The molecule has 1 unspecified atom stereocenters. The Balaban J connectivity index is 1.10. The molecule has 2 amide bonds. The van der Waals surface area contributed by atoms with E-state index in [-0.39, 0.29) is 41.6 Å². The molecule has 296 valence electrons. The third-order valence-electron chi connectivity index (χ3n) is 10.4. The molecule has 0 radical (unpaired) electrons. The molecule has 3 aliphatic heterocycles. The van der Waals surface area contributed by atoms with Crippen molar-refractivity contribution in [2.45, 2.75) is 57.0 Å². The first-order valence-electron chi connectivity index (χ1n) is 19.0. The van der Waals surface area contributed by atoms with E-state index in [1.54, 1.807) is 71.6 Å². The number of halogens is 4. The number of carbonyl (C=O) groups excluding carboxylic acids is 1. The monoisotopic (exact) mass is 776 g/mol. The van der Waals surface area contributed by atoms with Gasteiger partial charge < -0.3 is 24.4 Å². The van der Waals surface area contributed by atoms with Crippen LogP contribution in [0.2, 0.25) is 0 Å².